The van der Waals surface area contributed by atoms with Gasteiger partial charge in [-0.2, -0.15) is 0 Å². The zero-order chi connectivity index (χ0) is 21.9. The van der Waals surface area contributed by atoms with Gasteiger partial charge in [0.1, 0.15) is 0 Å². The Bertz CT molecular complexity index is 807. The number of hydrogen-bond acceptors (Lipinski definition) is 6. The largest absolute Gasteiger partial charge is 0.493 e. The van der Waals surface area contributed by atoms with Crippen LogP contribution in [0.15, 0.2) is 40.7 Å². The number of benzene rings is 1. The third-order valence-corrected chi connectivity index (χ3v) is 6.40. The van der Waals surface area contributed by atoms with Crippen molar-refractivity contribution in [3.63, 3.8) is 0 Å². The molecule has 1 aliphatic heterocycles. The first-order valence-corrected chi connectivity index (χ1v) is 11.6. The smallest absolute Gasteiger partial charge is 0.191 e. The van der Waals surface area contributed by atoms with Crippen LogP contribution in [0.3, 0.4) is 0 Å². The highest BCUT2D eigenvalue weighted by molar-refractivity contribution is 7.10. The molecular weight excluding hydrogens is 412 g/mol. The van der Waals surface area contributed by atoms with Crippen LogP contribution < -0.4 is 20.1 Å². The molecule has 2 aromatic rings. The first kappa shape index (κ1) is 23.4. The molecule has 2 N–H and O–H groups in total. The Morgan fingerprint density at radius 1 is 1.16 bits per heavy atom. The van der Waals surface area contributed by atoms with Gasteiger partial charge >= 0.3 is 0 Å². The number of nitrogens with zero attached hydrogens (tertiary/aromatic N) is 2. The number of aliphatic imine (C=N–C) groups is 1. The molecule has 0 bridgehead atoms. The molecule has 0 saturated carbocycles. The summed E-state index contributed by atoms with van der Waals surface area (Å²) in [5, 5.41) is 9.09. The van der Waals surface area contributed by atoms with Gasteiger partial charge in [-0.1, -0.05) is 12.1 Å². The van der Waals surface area contributed by atoms with Crippen molar-refractivity contribution in [3.05, 3.63) is 46.2 Å². The van der Waals surface area contributed by atoms with Crippen LogP contribution in [0.2, 0.25) is 0 Å². The zero-order valence-electron chi connectivity index (χ0n) is 18.7. The molecule has 1 aromatic carbocycles. The number of methoxy groups -OCH3 is 2. The molecule has 1 aromatic heterocycles. The molecule has 1 unspecified atom stereocenters. The number of ether oxygens (including phenoxy) is 3. The van der Waals surface area contributed by atoms with Gasteiger partial charge in [-0.25, -0.2) is 0 Å². The molecule has 0 spiro atoms. The molecule has 1 saturated heterocycles. The lowest BCUT2D eigenvalue weighted by atomic mass is 10.1. The Hall–Kier alpha value is -2.29. The van der Waals surface area contributed by atoms with Crippen molar-refractivity contribution >= 4 is 17.3 Å². The van der Waals surface area contributed by atoms with E-state index in [0.717, 1.165) is 69.7 Å². The lowest BCUT2D eigenvalue weighted by Crippen LogP contribution is -2.46. The van der Waals surface area contributed by atoms with Crippen LogP contribution in [0, 0.1) is 0 Å². The van der Waals surface area contributed by atoms with Gasteiger partial charge in [-0.05, 0) is 42.0 Å². The van der Waals surface area contributed by atoms with Crippen molar-refractivity contribution < 1.29 is 14.2 Å². The average Bonchev–Trinajstić information content (AvgIpc) is 3.35. The van der Waals surface area contributed by atoms with Crippen molar-refractivity contribution in [1.29, 1.82) is 0 Å². The van der Waals surface area contributed by atoms with E-state index in [2.05, 4.69) is 44.1 Å². The summed E-state index contributed by atoms with van der Waals surface area (Å²) >= 11 is 1.81. The fourth-order valence-electron chi connectivity index (χ4n) is 3.73. The van der Waals surface area contributed by atoms with E-state index in [0.29, 0.717) is 6.04 Å². The average molecular weight is 447 g/mol. The van der Waals surface area contributed by atoms with Crippen molar-refractivity contribution in [2.45, 2.75) is 18.9 Å². The predicted molar refractivity (Wildman–Crippen MR) is 127 cm³/mol. The molecule has 2 heterocycles. The van der Waals surface area contributed by atoms with Gasteiger partial charge in [0, 0.05) is 38.1 Å². The number of guanidine groups is 1. The van der Waals surface area contributed by atoms with Gasteiger partial charge < -0.3 is 24.8 Å². The van der Waals surface area contributed by atoms with E-state index in [-0.39, 0.29) is 0 Å². The normalized spacial score (nSPS) is 16.0. The Morgan fingerprint density at radius 3 is 2.65 bits per heavy atom. The van der Waals surface area contributed by atoms with Gasteiger partial charge in [0.15, 0.2) is 17.5 Å². The summed E-state index contributed by atoms with van der Waals surface area (Å²) in [7, 11) is 5.14. The standard InChI is InChI=1S/C23H34N4O3S/c1-24-23(25-10-4-6-18-8-9-20(28-2)21(16-18)29-3)26-17-19(22-7-5-15-31-22)27-11-13-30-14-12-27/h5,7-9,15-16,19H,4,6,10-14,17H2,1-3H3,(H2,24,25,26). The first-order chi connectivity index (χ1) is 15.2. The van der Waals surface area contributed by atoms with Crippen LogP contribution in [0.4, 0.5) is 0 Å². The second-order valence-corrected chi connectivity index (χ2v) is 8.33. The van der Waals surface area contributed by atoms with Gasteiger partial charge in [0.2, 0.25) is 0 Å². The minimum absolute atomic E-state index is 0.328. The minimum Gasteiger partial charge on any atom is -0.493 e. The molecule has 7 nitrogen and oxygen atoms in total. The van der Waals surface area contributed by atoms with E-state index in [1.165, 1.54) is 10.4 Å². The molecule has 1 fully saturated rings. The molecule has 3 rings (SSSR count). The van der Waals surface area contributed by atoms with Crippen LogP contribution in [-0.4, -0.2) is 71.5 Å². The van der Waals surface area contributed by atoms with Crippen molar-refractivity contribution in [3.8, 4) is 11.5 Å². The number of hydrogen-bond donors (Lipinski definition) is 2. The molecule has 1 atom stereocenters. The van der Waals surface area contributed by atoms with Gasteiger partial charge in [-0.3, -0.25) is 9.89 Å². The quantitative estimate of drug-likeness (QED) is 0.332. The topological polar surface area (TPSA) is 67.4 Å². The summed E-state index contributed by atoms with van der Waals surface area (Å²) in [6.45, 7) is 5.17. The molecule has 0 amide bonds. The third-order valence-electron chi connectivity index (χ3n) is 5.43. The van der Waals surface area contributed by atoms with Crippen LogP contribution in [0.5, 0.6) is 11.5 Å². The maximum atomic E-state index is 5.53. The van der Waals surface area contributed by atoms with Gasteiger partial charge in [0.05, 0.1) is 33.5 Å². The molecule has 170 valence electrons. The summed E-state index contributed by atoms with van der Waals surface area (Å²) in [6.07, 6.45) is 1.95. The van der Waals surface area contributed by atoms with Crippen molar-refractivity contribution in [1.82, 2.24) is 15.5 Å². The van der Waals surface area contributed by atoms with Crippen LogP contribution in [-0.2, 0) is 11.2 Å². The Kier molecular flexibility index (Phi) is 9.45. The SMILES string of the molecule is CN=C(NCCCc1ccc(OC)c(OC)c1)NCC(c1cccs1)N1CCOCC1. The second kappa shape index (κ2) is 12.5. The Balaban J connectivity index is 1.46. The number of morpholine rings is 1. The number of nitrogens with one attached hydrogen (secondary N) is 2. The molecule has 1 aliphatic rings. The molecule has 31 heavy (non-hydrogen) atoms. The fraction of sp³-hybridized carbons (Fsp3) is 0.522. The number of thiophene rings is 1. The highest BCUT2D eigenvalue weighted by Crippen LogP contribution is 2.28. The lowest BCUT2D eigenvalue weighted by molar-refractivity contribution is 0.0177. The minimum atomic E-state index is 0.328. The van der Waals surface area contributed by atoms with E-state index in [1.54, 1.807) is 25.6 Å². The van der Waals surface area contributed by atoms with Gasteiger partial charge in [-0.15, -0.1) is 11.3 Å². The second-order valence-electron chi connectivity index (χ2n) is 7.35. The fourth-order valence-corrected chi connectivity index (χ4v) is 4.59. The number of aryl methyl sites for hydroxylation is 1. The summed E-state index contributed by atoms with van der Waals surface area (Å²) in [6, 6.07) is 10.7. The number of rotatable bonds is 10. The highest BCUT2D eigenvalue weighted by Gasteiger charge is 2.23. The summed E-state index contributed by atoms with van der Waals surface area (Å²) in [4.78, 5) is 8.27. The predicted octanol–water partition coefficient (Wildman–Crippen LogP) is 2.94. The first-order valence-electron chi connectivity index (χ1n) is 10.8. The van der Waals surface area contributed by atoms with Crippen LogP contribution in [0.1, 0.15) is 22.9 Å². The molecule has 0 aliphatic carbocycles. The highest BCUT2D eigenvalue weighted by atomic mass is 32.1. The Morgan fingerprint density at radius 2 is 1.97 bits per heavy atom. The van der Waals surface area contributed by atoms with E-state index in [4.69, 9.17) is 14.2 Å². The zero-order valence-corrected chi connectivity index (χ0v) is 19.5. The lowest BCUT2D eigenvalue weighted by Gasteiger charge is -2.34. The molecule has 8 heteroatoms. The van der Waals surface area contributed by atoms with E-state index in [1.807, 2.05) is 19.2 Å². The van der Waals surface area contributed by atoms with E-state index >= 15 is 0 Å². The molecular formula is C23H34N4O3S. The summed E-state index contributed by atoms with van der Waals surface area (Å²) in [5.41, 5.74) is 1.23. The van der Waals surface area contributed by atoms with Gasteiger partial charge in [0.25, 0.3) is 0 Å². The monoisotopic (exact) mass is 446 g/mol. The summed E-state index contributed by atoms with van der Waals surface area (Å²) in [5.74, 6) is 2.37. The van der Waals surface area contributed by atoms with Crippen LogP contribution in [0.25, 0.3) is 0 Å². The van der Waals surface area contributed by atoms with Crippen LogP contribution >= 0.6 is 11.3 Å². The third kappa shape index (κ3) is 6.85. The molecule has 0 radical (unpaired) electrons. The van der Waals surface area contributed by atoms with Crippen molar-refractivity contribution in [2.24, 2.45) is 4.99 Å². The van der Waals surface area contributed by atoms with Crippen molar-refractivity contribution in [2.75, 3.05) is 60.7 Å². The maximum absolute atomic E-state index is 5.53. The van der Waals surface area contributed by atoms with E-state index in [9.17, 15) is 0 Å². The van der Waals surface area contributed by atoms with E-state index < -0.39 is 0 Å². The Labute approximate surface area is 189 Å². The summed E-state index contributed by atoms with van der Waals surface area (Å²) < 4.78 is 16.2. The maximum Gasteiger partial charge on any atom is 0.191 e.